The lowest BCUT2D eigenvalue weighted by Crippen LogP contribution is -2.28. The van der Waals surface area contributed by atoms with Crippen molar-refractivity contribution in [1.82, 2.24) is 9.55 Å². The third-order valence-electron chi connectivity index (χ3n) is 6.43. The van der Waals surface area contributed by atoms with Crippen molar-refractivity contribution in [2.24, 2.45) is 5.73 Å². The molecule has 2 aromatic rings. The van der Waals surface area contributed by atoms with E-state index in [2.05, 4.69) is 16.8 Å². The molecule has 1 atom stereocenters. The van der Waals surface area contributed by atoms with Crippen LogP contribution >= 0.6 is 0 Å². The molecule has 1 aromatic carbocycles. The Balaban J connectivity index is 1.72. The zero-order valence-corrected chi connectivity index (χ0v) is 17.5. The summed E-state index contributed by atoms with van der Waals surface area (Å²) in [5, 5.41) is 21.3. The fraction of sp³-hybridized carbons (Fsp3) is 0.417. The fourth-order valence-corrected chi connectivity index (χ4v) is 4.88. The number of aliphatic hydroxyl groups is 2. The number of hydrogen-bond donors (Lipinski definition) is 3. The number of nitrogens with zero attached hydrogens (tertiary/aromatic N) is 2. The second-order valence-corrected chi connectivity index (χ2v) is 9.26. The Labute approximate surface area is 179 Å². The number of allylic oxidation sites excluding steroid dienone is 2. The number of primary amides is 1. The second-order valence-electron chi connectivity index (χ2n) is 9.26. The molecule has 160 valence electrons. The van der Waals surface area contributed by atoms with Crippen LogP contribution in [0.5, 0.6) is 0 Å². The zero-order valence-electron chi connectivity index (χ0n) is 17.5. The van der Waals surface area contributed by atoms with Crippen molar-refractivity contribution in [2.45, 2.75) is 63.2 Å². The van der Waals surface area contributed by atoms with E-state index in [9.17, 15) is 19.4 Å². The van der Waals surface area contributed by atoms with Gasteiger partial charge in [0.2, 0.25) is 0 Å². The van der Waals surface area contributed by atoms with E-state index in [4.69, 9.17) is 5.73 Å². The third kappa shape index (κ3) is 3.10. The Morgan fingerprint density at radius 2 is 2.00 bits per heavy atom. The Bertz CT molecular complexity index is 1220. The molecule has 2 aliphatic heterocycles. The van der Waals surface area contributed by atoms with Crippen molar-refractivity contribution in [3.63, 3.8) is 0 Å². The molecule has 0 radical (unpaired) electrons. The van der Waals surface area contributed by atoms with Gasteiger partial charge in [-0.2, -0.15) is 0 Å². The van der Waals surface area contributed by atoms with E-state index in [0.717, 1.165) is 18.4 Å². The molecule has 3 heterocycles. The van der Waals surface area contributed by atoms with E-state index < -0.39 is 22.9 Å². The van der Waals surface area contributed by atoms with Gasteiger partial charge in [0.25, 0.3) is 5.91 Å². The molecular formula is C24H24FN3O3. The highest BCUT2D eigenvalue weighted by atomic mass is 19.1. The van der Waals surface area contributed by atoms with Gasteiger partial charge in [0.1, 0.15) is 22.8 Å². The van der Waals surface area contributed by atoms with Gasteiger partial charge < -0.3 is 20.5 Å². The number of rotatable bonds is 2. The number of benzene rings is 1. The summed E-state index contributed by atoms with van der Waals surface area (Å²) < 4.78 is 16.8. The van der Waals surface area contributed by atoms with Gasteiger partial charge >= 0.3 is 0 Å². The molecule has 6 nitrogen and oxygen atoms in total. The first-order chi connectivity index (χ1) is 14.6. The van der Waals surface area contributed by atoms with Gasteiger partial charge in [-0.25, -0.2) is 9.37 Å². The van der Waals surface area contributed by atoms with Crippen LogP contribution in [0.4, 0.5) is 4.39 Å². The lowest BCUT2D eigenvalue weighted by atomic mass is 9.86. The molecular weight excluding hydrogens is 397 g/mol. The second kappa shape index (κ2) is 6.52. The zero-order chi connectivity index (χ0) is 22.1. The predicted molar refractivity (Wildman–Crippen MR) is 113 cm³/mol. The molecule has 7 heteroatoms. The summed E-state index contributed by atoms with van der Waals surface area (Å²) in [7, 11) is 0. The summed E-state index contributed by atoms with van der Waals surface area (Å²) in [6, 6.07) is 2.96. The summed E-state index contributed by atoms with van der Waals surface area (Å²) in [5.41, 5.74) is 5.99. The molecule has 1 amide bonds. The van der Waals surface area contributed by atoms with Crippen molar-refractivity contribution < 1.29 is 19.4 Å². The quantitative estimate of drug-likeness (QED) is 0.649. The van der Waals surface area contributed by atoms with Crippen molar-refractivity contribution in [3.8, 4) is 23.2 Å². The van der Waals surface area contributed by atoms with E-state index in [1.807, 2.05) is 10.6 Å². The van der Waals surface area contributed by atoms with Crippen LogP contribution in [-0.4, -0.2) is 31.3 Å². The molecule has 4 N–H and O–H groups in total. The summed E-state index contributed by atoms with van der Waals surface area (Å²) >= 11 is 0. The molecule has 1 fully saturated rings. The van der Waals surface area contributed by atoms with Gasteiger partial charge in [0, 0.05) is 5.56 Å². The van der Waals surface area contributed by atoms with Crippen molar-refractivity contribution >= 4 is 11.5 Å². The smallest absolute Gasteiger partial charge is 0.269 e. The van der Waals surface area contributed by atoms with Crippen LogP contribution < -0.4 is 5.73 Å². The average molecular weight is 421 g/mol. The number of imidazole rings is 1. The molecule has 4 aliphatic rings. The first kappa shape index (κ1) is 20.0. The van der Waals surface area contributed by atoms with E-state index in [1.165, 1.54) is 6.07 Å². The van der Waals surface area contributed by atoms with Gasteiger partial charge in [0.05, 0.1) is 17.3 Å². The summed E-state index contributed by atoms with van der Waals surface area (Å²) in [5.74, 6) is 4.94. The fourth-order valence-electron chi connectivity index (χ4n) is 4.88. The standard InChI is InChI=1S/C24H24FN3O3/c1-23(2,30)20-19(21(26)29)27-22-17-11-13(5-8-24(31)6-3-4-7-24)18(25)12-16(17)14-9-15(10-14)28(20)22/h9,11-12,15,30-31H,3-4,6-7,10H2,1-2H3,(H2,26,29). The normalized spacial score (nSPS) is 20.5. The topological polar surface area (TPSA) is 101 Å². The predicted octanol–water partition coefficient (Wildman–Crippen LogP) is 3.01. The van der Waals surface area contributed by atoms with E-state index in [-0.39, 0.29) is 17.3 Å². The molecule has 2 bridgehead atoms. The minimum atomic E-state index is -1.35. The number of carbonyl (C=O) groups is 1. The molecule has 1 saturated carbocycles. The van der Waals surface area contributed by atoms with Gasteiger partial charge in [-0.05, 0) is 69.2 Å². The Hall–Kier alpha value is -2.95. The van der Waals surface area contributed by atoms with Crippen molar-refractivity contribution in [2.75, 3.05) is 0 Å². The van der Waals surface area contributed by atoms with Gasteiger partial charge in [-0.15, -0.1) is 0 Å². The number of carbonyl (C=O) groups excluding carboxylic acids is 1. The first-order valence-electron chi connectivity index (χ1n) is 10.5. The third-order valence-corrected chi connectivity index (χ3v) is 6.43. The maximum Gasteiger partial charge on any atom is 0.269 e. The number of halogens is 1. The minimum Gasteiger partial charge on any atom is -0.384 e. The molecule has 1 unspecified atom stereocenters. The van der Waals surface area contributed by atoms with E-state index in [0.29, 0.717) is 41.9 Å². The number of hydrogen-bond acceptors (Lipinski definition) is 4. The largest absolute Gasteiger partial charge is 0.384 e. The highest BCUT2D eigenvalue weighted by molar-refractivity contribution is 5.94. The molecule has 31 heavy (non-hydrogen) atoms. The van der Waals surface area contributed by atoms with Crippen molar-refractivity contribution in [3.05, 3.63) is 46.5 Å². The van der Waals surface area contributed by atoms with E-state index >= 15 is 0 Å². The van der Waals surface area contributed by atoms with Gasteiger partial charge in [-0.1, -0.05) is 17.9 Å². The summed E-state index contributed by atoms with van der Waals surface area (Å²) in [4.78, 5) is 16.6. The highest BCUT2D eigenvalue weighted by Gasteiger charge is 2.40. The van der Waals surface area contributed by atoms with Crippen molar-refractivity contribution in [1.29, 1.82) is 0 Å². The van der Waals surface area contributed by atoms with Crippen LogP contribution in [0.25, 0.3) is 17.0 Å². The van der Waals surface area contributed by atoms with Gasteiger partial charge in [-0.3, -0.25) is 4.79 Å². The van der Waals surface area contributed by atoms with Crippen LogP contribution in [0.3, 0.4) is 0 Å². The van der Waals surface area contributed by atoms with Gasteiger partial charge in [0.15, 0.2) is 5.69 Å². The van der Waals surface area contributed by atoms with E-state index in [1.54, 1.807) is 19.9 Å². The number of amides is 1. The maximum absolute atomic E-state index is 14.9. The SMILES string of the molecule is CC(C)(O)c1c(C(N)=O)nc2n1C1C=C(C1)c1cc(F)c(C#CC3(O)CCCC3)cc1-2. The molecule has 0 spiro atoms. The van der Waals surface area contributed by atoms with Crippen LogP contribution in [0.15, 0.2) is 18.2 Å². The maximum atomic E-state index is 14.9. The number of nitrogens with two attached hydrogens (primary N) is 1. The lowest BCUT2D eigenvalue weighted by molar-refractivity contribution is 0.0663. The lowest BCUT2D eigenvalue weighted by Gasteiger charge is -2.30. The summed E-state index contributed by atoms with van der Waals surface area (Å²) in [6.45, 7) is 3.17. The Morgan fingerprint density at radius 3 is 2.61 bits per heavy atom. The summed E-state index contributed by atoms with van der Waals surface area (Å²) in [6.07, 6.45) is 5.61. The Morgan fingerprint density at radius 1 is 1.32 bits per heavy atom. The number of aromatic nitrogens is 2. The molecule has 1 aromatic heterocycles. The first-order valence-corrected chi connectivity index (χ1v) is 10.5. The molecule has 6 rings (SSSR count). The van der Waals surface area contributed by atoms with Crippen LogP contribution in [0.2, 0.25) is 0 Å². The average Bonchev–Trinajstić information content (AvgIpc) is 3.19. The monoisotopic (exact) mass is 421 g/mol. The minimum absolute atomic E-state index is 0.00873. The van der Waals surface area contributed by atoms with Crippen LogP contribution in [0, 0.1) is 17.7 Å². The Kier molecular flexibility index (Phi) is 4.20. The van der Waals surface area contributed by atoms with Crippen LogP contribution in [-0.2, 0) is 5.60 Å². The van der Waals surface area contributed by atoms with Crippen LogP contribution in [0.1, 0.15) is 79.3 Å². The molecule has 2 aliphatic carbocycles. The highest BCUT2D eigenvalue weighted by Crippen LogP contribution is 2.49. The molecule has 0 saturated heterocycles.